The van der Waals surface area contributed by atoms with E-state index in [2.05, 4.69) is 4.90 Å². The molecule has 0 aliphatic carbocycles. The molecule has 104 valence electrons. The van der Waals surface area contributed by atoms with Crippen molar-refractivity contribution >= 4 is 5.97 Å². The topological polar surface area (TPSA) is 38.8 Å². The number of hydrogen-bond acceptors (Lipinski definition) is 4. The van der Waals surface area contributed by atoms with Crippen molar-refractivity contribution in [1.29, 1.82) is 0 Å². The number of carbonyl (C=O) groups excluding carboxylic acids is 1. The third-order valence-corrected chi connectivity index (χ3v) is 3.48. The van der Waals surface area contributed by atoms with Gasteiger partial charge in [0.1, 0.15) is 18.4 Å². The highest BCUT2D eigenvalue weighted by Crippen LogP contribution is 2.18. The van der Waals surface area contributed by atoms with Gasteiger partial charge in [-0.05, 0) is 31.5 Å². The number of rotatable bonds is 5. The lowest BCUT2D eigenvalue weighted by Crippen LogP contribution is -2.46. The number of ether oxygens (including phenoxy) is 2. The van der Waals surface area contributed by atoms with E-state index in [0.717, 1.165) is 38.1 Å². The van der Waals surface area contributed by atoms with Crippen LogP contribution < -0.4 is 4.74 Å². The molecule has 1 aromatic carbocycles. The van der Waals surface area contributed by atoms with Gasteiger partial charge in [-0.1, -0.05) is 24.6 Å². The smallest absolute Gasteiger partial charge is 0.323 e. The summed E-state index contributed by atoms with van der Waals surface area (Å²) >= 11 is 0. The van der Waals surface area contributed by atoms with Crippen molar-refractivity contribution in [2.24, 2.45) is 0 Å². The molecule has 0 saturated carbocycles. The monoisotopic (exact) mass is 263 g/mol. The third kappa shape index (κ3) is 3.96. The summed E-state index contributed by atoms with van der Waals surface area (Å²) < 4.78 is 10.5. The highest BCUT2D eigenvalue weighted by Gasteiger charge is 2.28. The number of likely N-dealkylation sites (tertiary alicyclic amines) is 1. The zero-order valence-electron chi connectivity index (χ0n) is 11.4. The van der Waals surface area contributed by atoms with Crippen molar-refractivity contribution in [2.45, 2.75) is 25.3 Å². The van der Waals surface area contributed by atoms with Crippen molar-refractivity contribution in [3.05, 3.63) is 30.3 Å². The summed E-state index contributed by atoms with van der Waals surface area (Å²) in [4.78, 5) is 13.9. The molecule has 1 heterocycles. The van der Waals surface area contributed by atoms with Crippen LogP contribution in [-0.2, 0) is 9.53 Å². The zero-order chi connectivity index (χ0) is 13.5. The van der Waals surface area contributed by atoms with Crippen molar-refractivity contribution in [3.8, 4) is 5.75 Å². The number of piperidine rings is 1. The Morgan fingerprint density at radius 1 is 1.32 bits per heavy atom. The van der Waals surface area contributed by atoms with Gasteiger partial charge in [-0.2, -0.15) is 0 Å². The van der Waals surface area contributed by atoms with Gasteiger partial charge in [-0.3, -0.25) is 9.69 Å². The molecule has 0 N–H and O–H groups in total. The summed E-state index contributed by atoms with van der Waals surface area (Å²) in [5.74, 6) is 0.744. The van der Waals surface area contributed by atoms with Gasteiger partial charge in [0.2, 0.25) is 0 Å². The van der Waals surface area contributed by atoms with Crippen LogP contribution in [0.2, 0.25) is 0 Å². The first-order chi connectivity index (χ1) is 9.31. The predicted octanol–water partition coefficient (Wildman–Crippen LogP) is 2.09. The molecule has 0 bridgehead atoms. The minimum atomic E-state index is -0.126. The second-order valence-electron chi connectivity index (χ2n) is 4.73. The molecule has 1 saturated heterocycles. The Hall–Kier alpha value is -1.55. The molecule has 0 amide bonds. The minimum Gasteiger partial charge on any atom is -0.492 e. The Morgan fingerprint density at radius 3 is 2.84 bits per heavy atom. The van der Waals surface area contributed by atoms with Crippen LogP contribution in [0.25, 0.3) is 0 Å². The maximum Gasteiger partial charge on any atom is 0.323 e. The first-order valence-electron chi connectivity index (χ1n) is 6.81. The average Bonchev–Trinajstić information content (AvgIpc) is 2.48. The maximum atomic E-state index is 11.7. The molecule has 4 heteroatoms. The van der Waals surface area contributed by atoms with Crippen molar-refractivity contribution in [3.63, 3.8) is 0 Å². The number of hydrogen-bond donors (Lipinski definition) is 0. The Kier molecular flexibility index (Phi) is 5.21. The third-order valence-electron chi connectivity index (χ3n) is 3.48. The summed E-state index contributed by atoms with van der Waals surface area (Å²) in [6.45, 7) is 2.30. The Balaban J connectivity index is 1.81. The summed E-state index contributed by atoms with van der Waals surface area (Å²) in [6.07, 6.45) is 3.12. The Bertz CT molecular complexity index is 394. The molecule has 1 aromatic rings. The lowest BCUT2D eigenvalue weighted by Gasteiger charge is -2.33. The zero-order valence-corrected chi connectivity index (χ0v) is 11.4. The van der Waals surface area contributed by atoms with Gasteiger partial charge in [0, 0.05) is 6.54 Å². The first kappa shape index (κ1) is 13.9. The van der Waals surface area contributed by atoms with Crippen molar-refractivity contribution < 1.29 is 14.3 Å². The minimum absolute atomic E-state index is 0.0990. The lowest BCUT2D eigenvalue weighted by molar-refractivity contribution is -0.148. The molecule has 4 nitrogen and oxygen atoms in total. The molecule has 0 aromatic heterocycles. The highest BCUT2D eigenvalue weighted by molar-refractivity contribution is 5.75. The van der Waals surface area contributed by atoms with E-state index in [4.69, 9.17) is 9.47 Å². The predicted molar refractivity (Wildman–Crippen MR) is 73.2 cm³/mol. The van der Waals surface area contributed by atoms with E-state index in [1.54, 1.807) is 0 Å². The molecular formula is C15H21NO3. The van der Waals surface area contributed by atoms with Crippen LogP contribution >= 0.6 is 0 Å². The number of methoxy groups -OCH3 is 1. The number of nitrogens with zero attached hydrogens (tertiary/aromatic N) is 1. The van der Waals surface area contributed by atoms with Crippen LogP contribution in [0.3, 0.4) is 0 Å². The molecule has 19 heavy (non-hydrogen) atoms. The molecule has 1 aliphatic heterocycles. The van der Waals surface area contributed by atoms with E-state index in [9.17, 15) is 4.79 Å². The molecule has 1 aliphatic rings. The van der Waals surface area contributed by atoms with Gasteiger partial charge >= 0.3 is 5.97 Å². The molecule has 0 radical (unpaired) electrons. The highest BCUT2D eigenvalue weighted by atomic mass is 16.5. The Morgan fingerprint density at radius 2 is 2.11 bits per heavy atom. The van der Waals surface area contributed by atoms with Crippen LogP contribution in [0.15, 0.2) is 30.3 Å². The summed E-state index contributed by atoms with van der Waals surface area (Å²) in [5, 5.41) is 0. The molecule has 1 fully saturated rings. The van der Waals surface area contributed by atoms with E-state index in [1.807, 2.05) is 30.3 Å². The van der Waals surface area contributed by atoms with Crippen LogP contribution in [0, 0.1) is 0 Å². The second kappa shape index (κ2) is 7.14. The van der Waals surface area contributed by atoms with Crippen molar-refractivity contribution in [2.75, 3.05) is 26.8 Å². The van der Waals surface area contributed by atoms with Crippen molar-refractivity contribution in [1.82, 2.24) is 4.90 Å². The van der Waals surface area contributed by atoms with Gasteiger partial charge in [0.25, 0.3) is 0 Å². The summed E-state index contributed by atoms with van der Waals surface area (Å²) in [6, 6.07) is 9.64. The number of esters is 1. The van der Waals surface area contributed by atoms with E-state index >= 15 is 0 Å². The second-order valence-corrected chi connectivity index (χ2v) is 4.73. The van der Waals surface area contributed by atoms with Gasteiger partial charge < -0.3 is 9.47 Å². The van der Waals surface area contributed by atoms with Gasteiger partial charge in [-0.25, -0.2) is 0 Å². The van der Waals surface area contributed by atoms with E-state index in [0.29, 0.717) is 6.61 Å². The lowest BCUT2D eigenvalue weighted by atomic mass is 10.0. The molecule has 2 rings (SSSR count). The fourth-order valence-electron chi connectivity index (χ4n) is 2.46. The fraction of sp³-hybridized carbons (Fsp3) is 0.533. The number of carbonyl (C=O) groups is 1. The van der Waals surface area contributed by atoms with Gasteiger partial charge in [0.15, 0.2) is 0 Å². The largest absolute Gasteiger partial charge is 0.492 e. The number of para-hydroxylation sites is 1. The van der Waals surface area contributed by atoms with E-state index in [-0.39, 0.29) is 12.0 Å². The quantitative estimate of drug-likeness (QED) is 0.763. The fourth-order valence-corrected chi connectivity index (χ4v) is 2.46. The summed E-state index contributed by atoms with van der Waals surface area (Å²) in [7, 11) is 1.45. The molecule has 0 unspecified atom stereocenters. The Labute approximate surface area is 114 Å². The SMILES string of the molecule is COC(=O)[C@H]1CCCCN1CCOc1ccccc1. The average molecular weight is 263 g/mol. The number of benzene rings is 1. The molecule has 0 spiro atoms. The first-order valence-corrected chi connectivity index (χ1v) is 6.81. The molecular weight excluding hydrogens is 242 g/mol. The van der Waals surface area contributed by atoms with Crippen LogP contribution in [0.4, 0.5) is 0 Å². The van der Waals surface area contributed by atoms with Crippen LogP contribution in [0.5, 0.6) is 5.75 Å². The van der Waals surface area contributed by atoms with Gasteiger partial charge in [0.05, 0.1) is 7.11 Å². The van der Waals surface area contributed by atoms with E-state index < -0.39 is 0 Å². The van der Waals surface area contributed by atoms with Crippen LogP contribution in [-0.4, -0.2) is 43.7 Å². The maximum absolute atomic E-state index is 11.7. The molecule has 1 atom stereocenters. The summed E-state index contributed by atoms with van der Waals surface area (Å²) in [5.41, 5.74) is 0. The van der Waals surface area contributed by atoms with Gasteiger partial charge in [-0.15, -0.1) is 0 Å². The van der Waals surface area contributed by atoms with Crippen LogP contribution in [0.1, 0.15) is 19.3 Å². The standard InChI is InChI=1S/C15H21NO3/c1-18-15(17)14-9-5-6-10-16(14)11-12-19-13-7-3-2-4-8-13/h2-4,7-8,14H,5-6,9-12H2,1H3/t14-/m1/s1. The normalized spacial score (nSPS) is 19.9. The van der Waals surface area contributed by atoms with E-state index in [1.165, 1.54) is 7.11 Å².